The minimum Gasteiger partial charge on any atom is -0.380 e. The fraction of sp³-hybridized carbons (Fsp3) is 0.296. The molecule has 8 nitrogen and oxygen atoms in total. The van der Waals surface area contributed by atoms with Crippen LogP contribution in [-0.4, -0.2) is 44.6 Å². The number of hydrogen-bond donors (Lipinski definition) is 3. The molecule has 8 heteroatoms. The van der Waals surface area contributed by atoms with E-state index in [4.69, 9.17) is 0 Å². The van der Waals surface area contributed by atoms with Crippen molar-refractivity contribution >= 4 is 11.6 Å². The first-order valence-corrected chi connectivity index (χ1v) is 11.9. The highest BCUT2D eigenvalue weighted by Gasteiger charge is 2.19. The summed E-state index contributed by atoms with van der Waals surface area (Å²) in [6, 6.07) is 12.6. The molecule has 0 radical (unpaired) electrons. The second-order valence-electron chi connectivity index (χ2n) is 9.37. The minimum absolute atomic E-state index is 0.0832. The van der Waals surface area contributed by atoms with E-state index in [1.54, 1.807) is 9.36 Å². The average Bonchev–Trinajstić information content (AvgIpc) is 3.45. The van der Waals surface area contributed by atoms with E-state index in [9.17, 15) is 4.79 Å². The van der Waals surface area contributed by atoms with E-state index < -0.39 is 0 Å². The van der Waals surface area contributed by atoms with Gasteiger partial charge in [-0.05, 0) is 66.4 Å². The molecular formula is C27H31N7O. The molecule has 0 unspecified atom stereocenters. The Kier molecular flexibility index (Phi) is 6.13. The molecule has 1 amide bonds. The molecule has 1 fully saturated rings. The van der Waals surface area contributed by atoms with Crippen LogP contribution in [-0.2, 0) is 14.1 Å². The summed E-state index contributed by atoms with van der Waals surface area (Å²) in [5.41, 5.74) is 7.77. The normalized spacial score (nSPS) is 14.4. The number of aromatic nitrogens is 4. The van der Waals surface area contributed by atoms with Gasteiger partial charge >= 0.3 is 0 Å². The van der Waals surface area contributed by atoms with Gasteiger partial charge in [-0.2, -0.15) is 10.2 Å². The summed E-state index contributed by atoms with van der Waals surface area (Å²) in [6.07, 6.45) is 7.70. The third-order valence-corrected chi connectivity index (χ3v) is 6.51. The van der Waals surface area contributed by atoms with Crippen molar-refractivity contribution in [2.24, 2.45) is 14.1 Å². The van der Waals surface area contributed by atoms with E-state index in [1.165, 1.54) is 0 Å². The highest BCUT2D eigenvalue weighted by Crippen LogP contribution is 2.30. The van der Waals surface area contributed by atoms with E-state index in [0.29, 0.717) is 11.6 Å². The lowest BCUT2D eigenvalue weighted by molar-refractivity contribution is 0.0939. The summed E-state index contributed by atoms with van der Waals surface area (Å²) in [5.74, 6) is -0.0832. The number of carbonyl (C=O) groups excluding carboxylic acids is 1. The lowest BCUT2D eigenvalue weighted by Crippen LogP contribution is -2.51. The van der Waals surface area contributed by atoms with Gasteiger partial charge in [0.25, 0.3) is 5.91 Å². The Morgan fingerprint density at radius 3 is 2.11 bits per heavy atom. The maximum absolute atomic E-state index is 13.3. The first-order valence-electron chi connectivity index (χ1n) is 11.9. The van der Waals surface area contributed by atoms with Crippen LogP contribution < -0.4 is 16.0 Å². The summed E-state index contributed by atoms with van der Waals surface area (Å²) < 4.78 is 3.58. The molecule has 1 atom stereocenters. The van der Waals surface area contributed by atoms with Crippen molar-refractivity contribution in [3.8, 4) is 22.3 Å². The van der Waals surface area contributed by atoms with E-state index in [0.717, 1.165) is 52.2 Å². The predicted octanol–water partition coefficient (Wildman–Crippen LogP) is 3.67. The smallest absolute Gasteiger partial charge is 0.252 e. The van der Waals surface area contributed by atoms with E-state index in [1.807, 2.05) is 70.9 Å². The van der Waals surface area contributed by atoms with Crippen molar-refractivity contribution in [3.63, 3.8) is 0 Å². The van der Waals surface area contributed by atoms with Crippen molar-refractivity contribution in [2.75, 3.05) is 18.4 Å². The lowest BCUT2D eigenvalue weighted by atomic mass is 9.96. The molecule has 0 saturated carbocycles. The SMILES string of the molecule is Cc1ccc(NC2CNC2)cc1C(=O)N[C@H](C)c1cc(-c2cnn(C)c2)cc(-c2cnn(C)c2)c1. The fourth-order valence-corrected chi connectivity index (χ4v) is 4.32. The van der Waals surface area contributed by atoms with Crippen LogP contribution in [0.2, 0.25) is 0 Å². The van der Waals surface area contributed by atoms with Crippen LogP contribution in [0.15, 0.2) is 61.2 Å². The van der Waals surface area contributed by atoms with Gasteiger partial charge in [0, 0.05) is 62.0 Å². The predicted molar refractivity (Wildman–Crippen MR) is 138 cm³/mol. The molecule has 1 aliphatic heterocycles. The Morgan fingerprint density at radius 2 is 1.60 bits per heavy atom. The van der Waals surface area contributed by atoms with Crippen molar-refractivity contribution in [1.29, 1.82) is 0 Å². The number of amides is 1. The van der Waals surface area contributed by atoms with Crippen LogP contribution in [0.1, 0.15) is 34.5 Å². The first-order chi connectivity index (χ1) is 16.9. The molecule has 2 aromatic carbocycles. The molecular weight excluding hydrogens is 438 g/mol. The molecule has 0 aliphatic carbocycles. The second-order valence-corrected chi connectivity index (χ2v) is 9.37. The van der Waals surface area contributed by atoms with Crippen LogP contribution in [0.5, 0.6) is 0 Å². The van der Waals surface area contributed by atoms with Crippen molar-refractivity contribution in [2.45, 2.75) is 25.9 Å². The van der Waals surface area contributed by atoms with Gasteiger partial charge in [-0.3, -0.25) is 14.2 Å². The van der Waals surface area contributed by atoms with Gasteiger partial charge in [0.2, 0.25) is 0 Å². The maximum atomic E-state index is 13.3. The van der Waals surface area contributed by atoms with Gasteiger partial charge in [-0.1, -0.05) is 6.07 Å². The molecule has 4 aromatic rings. The van der Waals surface area contributed by atoms with Crippen LogP contribution in [0, 0.1) is 6.92 Å². The summed E-state index contributed by atoms with van der Waals surface area (Å²) in [7, 11) is 3.82. The lowest BCUT2D eigenvalue weighted by Gasteiger charge is -2.29. The molecule has 35 heavy (non-hydrogen) atoms. The molecule has 3 N–H and O–H groups in total. The number of benzene rings is 2. The van der Waals surface area contributed by atoms with Crippen LogP contribution in [0.4, 0.5) is 5.69 Å². The Morgan fingerprint density at radius 1 is 0.971 bits per heavy atom. The van der Waals surface area contributed by atoms with Crippen molar-refractivity contribution in [1.82, 2.24) is 30.2 Å². The number of hydrogen-bond acceptors (Lipinski definition) is 5. The zero-order chi connectivity index (χ0) is 24.5. The van der Waals surface area contributed by atoms with Crippen molar-refractivity contribution in [3.05, 3.63) is 77.9 Å². The Balaban J connectivity index is 1.43. The molecule has 0 spiro atoms. The monoisotopic (exact) mass is 469 g/mol. The van der Waals surface area contributed by atoms with Crippen LogP contribution >= 0.6 is 0 Å². The van der Waals surface area contributed by atoms with E-state index in [2.05, 4.69) is 44.3 Å². The average molecular weight is 470 g/mol. The Bertz CT molecular complexity index is 1310. The van der Waals surface area contributed by atoms with Gasteiger partial charge in [0.05, 0.1) is 24.5 Å². The largest absolute Gasteiger partial charge is 0.380 e. The first kappa shape index (κ1) is 22.9. The fourth-order valence-electron chi connectivity index (χ4n) is 4.32. The highest BCUT2D eigenvalue weighted by atomic mass is 16.1. The number of aryl methyl sites for hydroxylation is 3. The van der Waals surface area contributed by atoms with Gasteiger partial charge < -0.3 is 16.0 Å². The highest BCUT2D eigenvalue weighted by molar-refractivity contribution is 5.97. The summed E-state index contributed by atoms with van der Waals surface area (Å²) in [5, 5.41) is 18.6. The number of anilines is 1. The van der Waals surface area contributed by atoms with Crippen LogP contribution in [0.3, 0.4) is 0 Å². The summed E-state index contributed by atoms with van der Waals surface area (Å²) >= 11 is 0. The molecule has 1 saturated heterocycles. The number of nitrogens with one attached hydrogen (secondary N) is 3. The summed E-state index contributed by atoms with van der Waals surface area (Å²) in [4.78, 5) is 13.3. The summed E-state index contributed by atoms with van der Waals surface area (Å²) in [6.45, 7) is 5.88. The third-order valence-electron chi connectivity index (χ3n) is 6.51. The van der Waals surface area contributed by atoms with Gasteiger partial charge in [0.15, 0.2) is 0 Å². The Labute approximate surface area is 205 Å². The van der Waals surface area contributed by atoms with E-state index >= 15 is 0 Å². The molecule has 2 aromatic heterocycles. The molecule has 180 valence electrons. The maximum Gasteiger partial charge on any atom is 0.252 e. The van der Waals surface area contributed by atoms with E-state index in [-0.39, 0.29) is 11.9 Å². The second kappa shape index (κ2) is 9.38. The Hall–Kier alpha value is -3.91. The number of carbonyl (C=O) groups is 1. The third kappa shape index (κ3) is 4.97. The number of rotatable bonds is 7. The topological polar surface area (TPSA) is 88.8 Å². The van der Waals surface area contributed by atoms with Gasteiger partial charge in [0.1, 0.15) is 0 Å². The molecule has 1 aliphatic rings. The zero-order valence-corrected chi connectivity index (χ0v) is 20.5. The number of nitrogens with zero attached hydrogens (tertiary/aromatic N) is 4. The standard InChI is InChI=1S/C27H31N7O/c1-17-5-6-24(32-25-13-28-14-25)10-26(17)27(35)31-18(2)19-7-20(22-11-29-33(3)15-22)9-21(8-19)23-12-30-34(4)16-23/h5-12,15-16,18,25,28,32H,13-14H2,1-4H3,(H,31,35)/t18-/m1/s1. The molecule has 3 heterocycles. The van der Waals surface area contributed by atoms with Gasteiger partial charge in [-0.25, -0.2) is 0 Å². The van der Waals surface area contributed by atoms with Crippen molar-refractivity contribution < 1.29 is 4.79 Å². The minimum atomic E-state index is -0.193. The molecule has 5 rings (SSSR count). The zero-order valence-electron chi connectivity index (χ0n) is 20.5. The van der Waals surface area contributed by atoms with Crippen LogP contribution in [0.25, 0.3) is 22.3 Å². The quantitative estimate of drug-likeness (QED) is 0.384. The van der Waals surface area contributed by atoms with Gasteiger partial charge in [-0.15, -0.1) is 0 Å². The molecule has 0 bridgehead atoms.